The Balaban J connectivity index is 1.92. The monoisotopic (exact) mass is 236 g/mol. The van der Waals surface area contributed by atoms with Crippen LogP contribution in [0, 0.1) is 5.92 Å². The van der Waals surface area contributed by atoms with E-state index in [-0.39, 0.29) is 17.8 Å². The Bertz CT molecular complexity index is 410. The van der Waals surface area contributed by atoms with Crippen LogP contribution < -0.4 is 5.73 Å². The van der Waals surface area contributed by atoms with Crippen molar-refractivity contribution in [2.45, 2.75) is 13.0 Å². The van der Waals surface area contributed by atoms with E-state index in [9.17, 15) is 4.79 Å². The molecule has 1 unspecified atom stereocenters. The highest BCUT2D eigenvalue weighted by Gasteiger charge is 2.28. The predicted molar refractivity (Wildman–Crippen MR) is 61.8 cm³/mol. The quantitative estimate of drug-likeness (QED) is 0.747. The maximum absolute atomic E-state index is 11.4. The first kappa shape index (κ1) is 11.8. The molecular weight excluding hydrogens is 220 g/mol. The van der Waals surface area contributed by atoms with Gasteiger partial charge in [-0.15, -0.1) is 0 Å². The van der Waals surface area contributed by atoms with Crippen molar-refractivity contribution in [3.05, 3.63) is 18.0 Å². The minimum atomic E-state index is -0.130. The van der Waals surface area contributed by atoms with Gasteiger partial charge in [-0.1, -0.05) is 0 Å². The molecule has 1 aromatic rings. The molecule has 0 saturated carbocycles. The summed E-state index contributed by atoms with van der Waals surface area (Å²) in [7, 11) is 1.43. The molecule has 1 fully saturated rings. The van der Waals surface area contributed by atoms with Crippen LogP contribution in [-0.2, 0) is 16.1 Å². The molecule has 0 aliphatic carbocycles. The SMILES string of the molecule is COC(=O)C1CCN(Cc2ccnc(N)n2)C1. The molecule has 6 nitrogen and oxygen atoms in total. The van der Waals surface area contributed by atoms with E-state index in [0.717, 1.165) is 25.2 Å². The van der Waals surface area contributed by atoms with Gasteiger partial charge in [-0.05, 0) is 19.0 Å². The van der Waals surface area contributed by atoms with Crippen LogP contribution in [0.5, 0.6) is 0 Å². The van der Waals surface area contributed by atoms with Gasteiger partial charge in [0.1, 0.15) is 0 Å². The van der Waals surface area contributed by atoms with Crippen molar-refractivity contribution in [1.29, 1.82) is 0 Å². The average molecular weight is 236 g/mol. The fourth-order valence-corrected chi connectivity index (χ4v) is 2.07. The number of likely N-dealkylation sites (tertiary alicyclic amines) is 1. The van der Waals surface area contributed by atoms with E-state index in [4.69, 9.17) is 10.5 Å². The highest BCUT2D eigenvalue weighted by Crippen LogP contribution is 2.19. The lowest BCUT2D eigenvalue weighted by Gasteiger charge is -2.14. The number of nitrogens with two attached hydrogens (primary N) is 1. The summed E-state index contributed by atoms with van der Waals surface area (Å²) >= 11 is 0. The van der Waals surface area contributed by atoms with Crippen molar-refractivity contribution >= 4 is 11.9 Å². The number of carbonyl (C=O) groups excluding carboxylic acids is 1. The average Bonchev–Trinajstić information content (AvgIpc) is 2.76. The summed E-state index contributed by atoms with van der Waals surface area (Å²) < 4.78 is 4.74. The molecule has 1 atom stereocenters. The van der Waals surface area contributed by atoms with Gasteiger partial charge in [0.25, 0.3) is 0 Å². The summed E-state index contributed by atoms with van der Waals surface area (Å²) in [6.45, 7) is 2.29. The van der Waals surface area contributed by atoms with E-state index in [1.165, 1.54) is 7.11 Å². The van der Waals surface area contributed by atoms with Gasteiger partial charge in [0.15, 0.2) is 0 Å². The van der Waals surface area contributed by atoms with Gasteiger partial charge in [-0.2, -0.15) is 0 Å². The molecule has 1 aliphatic rings. The first-order valence-corrected chi connectivity index (χ1v) is 5.56. The van der Waals surface area contributed by atoms with E-state index in [1.807, 2.05) is 6.07 Å². The zero-order chi connectivity index (χ0) is 12.3. The zero-order valence-corrected chi connectivity index (χ0v) is 9.80. The van der Waals surface area contributed by atoms with Gasteiger partial charge in [0.2, 0.25) is 5.95 Å². The van der Waals surface area contributed by atoms with Crippen LogP contribution in [0.2, 0.25) is 0 Å². The Hall–Kier alpha value is -1.69. The van der Waals surface area contributed by atoms with Crippen molar-refractivity contribution in [1.82, 2.24) is 14.9 Å². The molecule has 0 spiro atoms. The van der Waals surface area contributed by atoms with Crippen LogP contribution in [0.15, 0.2) is 12.3 Å². The largest absolute Gasteiger partial charge is 0.469 e. The molecular formula is C11H16N4O2. The number of anilines is 1. The summed E-state index contributed by atoms with van der Waals surface area (Å²) in [5.74, 6) is 0.139. The molecule has 1 saturated heterocycles. The van der Waals surface area contributed by atoms with Crippen LogP contribution in [0.25, 0.3) is 0 Å². The Kier molecular flexibility index (Phi) is 3.53. The molecule has 17 heavy (non-hydrogen) atoms. The van der Waals surface area contributed by atoms with Crippen LogP contribution >= 0.6 is 0 Å². The molecule has 2 N–H and O–H groups in total. The number of hydrogen-bond donors (Lipinski definition) is 1. The van der Waals surface area contributed by atoms with Crippen molar-refractivity contribution in [3.63, 3.8) is 0 Å². The number of carbonyl (C=O) groups is 1. The second-order valence-corrected chi connectivity index (χ2v) is 4.15. The molecule has 2 heterocycles. The lowest BCUT2D eigenvalue weighted by atomic mass is 10.1. The second kappa shape index (κ2) is 5.09. The van der Waals surface area contributed by atoms with Gasteiger partial charge >= 0.3 is 5.97 Å². The number of rotatable bonds is 3. The molecule has 0 aromatic carbocycles. The Morgan fingerprint density at radius 1 is 1.71 bits per heavy atom. The number of aromatic nitrogens is 2. The van der Waals surface area contributed by atoms with Gasteiger partial charge in [-0.25, -0.2) is 9.97 Å². The molecule has 1 aliphatic heterocycles. The Labute approximate surface area is 99.8 Å². The van der Waals surface area contributed by atoms with Crippen LogP contribution in [0.1, 0.15) is 12.1 Å². The lowest BCUT2D eigenvalue weighted by molar-refractivity contribution is -0.144. The lowest BCUT2D eigenvalue weighted by Crippen LogP contribution is -2.24. The molecule has 2 rings (SSSR count). The molecule has 0 radical (unpaired) electrons. The number of esters is 1. The molecule has 0 bridgehead atoms. The first-order valence-electron chi connectivity index (χ1n) is 5.56. The van der Waals surface area contributed by atoms with Crippen LogP contribution in [0.3, 0.4) is 0 Å². The molecule has 6 heteroatoms. The number of ether oxygens (including phenoxy) is 1. The van der Waals surface area contributed by atoms with E-state index >= 15 is 0 Å². The molecule has 92 valence electrons. The van der Waals surface area contributed by atoms with E-state index in [2.05, 4.69) is 14.9 Å². The topological polar surface area (TPSA) is 81.3 Å². The standard InChI is InChI=1S/C11H16N4O2/c1-17-10(16)8-3-5-15(6-8)7-9-2-4-13-11(12)14-9/h2,4,8H,3,5-7H2,1H3,(H2,12,13,14). The van der Waals surface area contributed by atoms with Gasteiger partial charge in [-0.3, -0.25) is 9.69 Å². The van der Waals surface area contributed by atoms with E-state index < -0.39 is 0 Å². The smallest absolute Gasteiger partial charge is 0.310 e. The van der Waals surface area contributed by atoms with Gasteiger partial charge in [0, 0.05) is 19.3 Å². The summed E-state index contributed by atoms with van der Waals surface area (Å²) in [4.78, 5) is 21.5. The van der Waals surface area contributed by atoms with E-state index in [0.29, 0.717) is 6.54 Å². The minimum absolute atomic E-state index is 0.0146. The summed E-state index contributed by atoms with van der Waals surface area (Å²) in [5, 5.41) is 0. The number of nitrogens with zero attached hydrogens (tertiary/aromatic N) is 3. The summed E-state index contributed by atoms with van der Waals surface area (Å²) in [5.41, 5.74) is 6.39. The third-order valence-corrected chi connectivity index (χ3v) is 2.92. The van der Waals surface area contributed by atoms with Gasteiger partial charge < -0.3 is 10.5 Å². The Morgan fingerprint density at radius 3 is 3.24 bits per heavy atom. The van der Waals surface area contributed by atoms with Crippen LogP contribution in [0.4, 0.5) is 5.95 Å². The van der Waals surface area contributed by atoms with E-state index in [1.54, 1.807) is 6.20 Å². The normalized spacial score (nSPS) is 20.4. The van der Waals surface area contributed by atoms with Gasteiger partial charge in [0.05, 0.1) is 18.7 Å². The highest BCUT2D eigenvalue weighted by molar-refractivity contribution is 5.72. The fraction of sp³-hybridized carbons (Fsp3) is 0.545. The second-order valence-electron chi connectivity index (χ2n) is 4.15. The number of nitrogen functional groups attached to an aromatic ring is 1. The maximum Gasteiger partial charge on any atom is 0.310 e. The van der Waals surface area contributed by atoms with Crippen molar-refractivity contribution in [3.8, 4) is 0 Å². The first-order chi connectivity index (χ1) is 8.19. The summed E-state index contributed by atoms with van der Waals surface area (Å²) in [6.07, 6.45) is 2.48. The molecule has 0 amide bonds. The van der Waals surface area contributed by atoms with Crippen molar-refractivity contribution in [2.75, 3.05) is 25.9 Å². The maximum atomic E-state index is 11.4. The highest BCUT2D eigenvalue weighted by atomic mass is 16.5. The van der Waals surface area contributed by atoms with Crippen molar-refractivity contribution in [2.24, 2.45) is 5.92 Å². The minimum Gasteiger partial charge on any atom is -0.469 e. The molecule has 1 aromatic heterocycles. The Morgan fingerprint density at radius 2 is 2.53 bits per heavy atom. The van der Waals surface area contributed by atoms with Crippen molar-refractivity contribution < 1.29 is 9.53 Å². The zero-order valence-electron chi connectivity index (χ0n) is 9.80. The fourth-order valence-electron chi connectivity index (χ4n) is 2.07. The third-order valence-electron chi connectivity index (χ3n) is 2.92. The number of hydrogen-bond acceptors (Lipinski definition) is 6. The predicted octanol–water partition coefficient (Wildman–Crippen LogP) is 0.0537. The number of methoxy groups -OCH3 is 1. The summed E-state index contributed by atoms with van der Waals surface area (Å²) in [6, 6.07) is 1.84. The third kappa shape index (κ3) is 2.91. The van der Waals surface area contributed by atoms with Crippen LogP contribution in [-0.4, -0.2) is 41.0 Å².